The number of thioether (sulfide) groups is 2. The van der Waals surface area contributed by atoms with Gasteiger partial charge in [0, 0.05) is 45.3 Å². The summed E-state index contributed by atoms with van der Waals surface area (Å²) in [6.07, 6.45) is 3.78. The van der Waals surface area contributed by atoms with Gasteiger partial charge in [-0.1, -0.05) is 16.9 Å². The first-order chi connectivity index (χ1) is 20.9. The van der Waals surface area contributed by atoms with Crippen molar-refractivity contribution >= 4 is 82.8 Å². The first-order valence-electron chi connectivity index (χ1n) is 12.2. The van der Waals surface area contributed by atoms with Crippen LogP contribution in [0.15, 0.2) is 50.0 Å². The summed E-state index contributed by atoms with van der Waals surface area (Å²) < 4.78 is 17.6. The molecule has 2 amide bonds. The average Bonchev–Trinajstić information content (AvgIpc) is 3.62. The van der Waals surface area contributed by atoms with Gasteiger partial charge in [-0.25, -0.2) is 18.9 Å². The molecular weight excluding hydrogens is 680 g/mol. The number of oxime groups is 1. The molecule has 3 aromatic heterocycles. The van der Waals surface area contributed by atoms with Crippen molar-refractivity contribution in [2.75, 3.05) is 24.1 Å². The van der Waals surface area contributed by atoms with Crippen molar-refractivity contribution in [3.05, 3.63) is 46.3 Å². The Kier molecular flexibility index (Phi) is 9.65. The Hall–Kier alpha value is -3.43. The molecule has 0 aliphatic carbocycles. The van der Waals surface area contributed by atoms with Gasteiger partial charge >= 0.3 is 13.7 Å². The summed E-state index contributed by atoms with van der Waals surface area (Å²) in [4.78, 5) is 71.7. The predicted octanol–water partition coefficient (Wildman–Crippen LogP) is 0.192. The van der Waals surface area contributed by atoms with Crippen LogP contribution in [0.4, 0.5) is 5.13 Å². The molecule has 6 N–H and O–H groups in total. The Morgan fingerprint density at radius 3 is 2.73 bits per heavy atom. The van der Waals surface area contributed by atoms with E-state index in [1.54, 1.807) is 0 Å². The van der Waals surface area contributed by atoms with Crippen LogP contribution < -0.4 is 15.0 Å². The third kappa shape index (κ3) is 7.10. The largest absolute Gasteiger partial charge is 0.477 e. The molecule has 2 aliphatic rings. The second-order valence-electron chi connectivity index (χ2n) is 8.87. The molecule has 5 heterocycles. The number of carbonyl (C=O) groups excluding carboxylic acids is 2. The lowest BCUT2D eigenvalue weighted by Crippen LogP contribution is -2.71. The van der Waals surface area contributed by atoms with Crippen LogP contribution in [0.1, 0.15) is 5.82 Å². The Labute approximate surface area is 264 Å². The van der Waals surface area contributed by atoms with E-state index in [1.165, 1.54) is 23.1 Å². The van der Waals surface area contributed by atoms with Crippen molar-refractivity contribution in [2.45, 2.75) is 15.8 Å². The van der Waals surface area contributed by atoms with Crippen LogP contribution in [0.2, 0.25) is 0 Å². The number of aryl methyl sites for hydroxylation is 1. The summed E-state index contributed by atoms with van der Waals surface area (Å²) >= 11 is 4.30. The number of rotatable bonds is 12. The van der Waals surface area contributed by atoms with Gasteiger partial charge in [0.2, 0.25) is 16.7 Å². The smallest absolute Gasteiger partial charge is 0.429 e. The van der Waals surface area contributed by atoms with Gasteiger partial charge in [-0.15, -0.1) is 23.1 Å². The van der Waals surface area contributed by atoms with E-state index in [0.29, 0.717) is 20.8 Å². The number of anilines is 1. The number of β-lactam (4-membered cyclic amide) rings is 1. The second kappa shape index (κ2) is 13.3. The van der Waals surface area contributed by atoms with Crippen molar-refractivity contribution in [1.29, 1.82) is 0 Å². The molecule has 22 heteroatoms. The fraction of sp³-hybridized carbons (Fsp3) is 0.273. The Balaban J connectivity index is 1.31. The van der Waals surface area contributed by atoms with Crippen LogP contribution in [0, 0.1) is 0 Å². The summed E-state index contributed by atoms with van der Waals surface area (Å²) in [6.45, 7) is -0.720. The number of carbonyl (C=O) groups is 3. The van der Waals surface area contributed by atoms with Crippen molar-refractivity contribution in [3.63, 3.8) is 0 Å². The number of hydrogen-bond acceptors (Lipinski definition) is 14. The van der Waals surface area contributed by atoms with Crippen LogP contribution in [-0.2, 0) is 30.8 Å². The Morgan fingerprint density at radius 2 is 2.05 bits per heavy atom. The first kappa shape index (κ1) is 32.0. The third-order valence-electron chi connectivity index (χ3n) is 5.82. The molecular formula is C22H22N8O9PS4+. The monoisotopic (exact) mass is 701 g/mol. The lowest BCUT2D eigenvalue weighted by atomic mass is 10.0. The highest BCUT2D eigenvalue weighted by Crippen LogP contribution is 2.46. The van der Waals surface area contributed by atoms with Crippen molar-refractivity contribution in [1.82, 2.24) is 24.6 Å². The van der Waals surface area contributed by atoms with Crippen LogP contribution >= 0.6 is 54.1 Å². The van der Waals surface area contributed by atoms with E-state index in [4.69, 9.17) is 19.7 Å². The number of carboxylic acids is 1. The summed E-state index contributed by atoms with van der Waals surface area (Å²) in [7, 11) is -2.81. The second-order valence-corrected chi connectivity index (χ2v) is 14.2. The number of aliphatic hydroxyl groups excluding tert-OH is 1. The molecule has 0 bridgehead atoms. The molecule has 44 heavy (non-hydrogen) atoms. The van der Waals surface area contributed by atoms with Crippen molar-refractivity contribution < 1.29 is 48.4 Å². The fourth-order valence-corrected chi connectivity index (χ4v) is 8.63. The third-order valence-corrected chi connectivity index (χ3v) is 10.6. The molecule has 1 saturated heterocycles. The number of hydrogen-bond donors (Lipinski definition) is 6. The van der Waals surface area contributed by atoms with E-state index in [-0.39, 0.29) is 29.0 Å². The Bertz CT molecular complexity index is 1710. The zero-order valence-corrected chi connectivity index (χ0v) is 26.4. The maximum atomic E-state index is 13.2. The minimum Gasteiger partial charge on any atom is -0.477 e. The van der Waals surface area contributed by atoms with E-state index in [1.807, 2.05) is 46.6 Å². The number of aliphatic hydroxyl groups is 1. The number of nitrogens with zero attached hydrogens (tertiary/aromatic N) is 6. The summed E-state index contributed by atoms with van der Waals surface area (Å²) in [5.41, 5.74) is 0.907. The number of thiazole rings is 1. The van der Waals surface area contributed by atoms with Gasteiger partial charge in [-0.2, -0.15) is 9.36 Å². The minimum absolute atomic E-state index is 0.202. The maximum absolute atomic E-state index is 13.2. The van der Waals surface area contributed by atoms with Crippen molar-refractivity contribution in [3.8, 4) is 11.3 Å². The van der Waals surface area contributed by atoms with Gasteiger partial charge in [0.15, 0.2) is 16.7 Å². The van der Waals surface area contributed by atoms with E-state index in [2.05, 4.69) is 24.8 Å². The zero-order chi connectivity index (χ0) is 31.6. The molecule has 5 rings (SSSR count). The first-order valence-corrected chi connectivity index (χ1v) is 17.4. The van der Waals surface area contributed by atoms with Gasteiger partial charge in [0.05, 0.1) is 12.3 Å². The molecule has 0 radical (unpaired) electrons. The molecule has 17 nitrogen and oxygen atoms in total. The number of amides is 2. The minimum atomic E-state index is -4.71. The van der Waals surface area contributed by atoms with Gasteiger partial charge < -0.3 is 30.2 Å². The van der Waals surface area contributed by atoms with Gasteiger partial charge in [0.1, 0.15) is 30.8 Å². The number of nitrogens with one attached hydrogen (secondary N) is 2. The molecule has 1 fully saturated rings. The zero-order valence-electron chi connectivity index (χ0n) is 22.3. The standard InChI is InChI=1S/C22H21N8O9PS4/c1-29-4-2-10(3-5-29)11-8-42-22(23-11)43-12-9-41-19-14(18(33)30(19)15(12)20(34)35)24-17(32)13(26-39-7-6-31)16-25-21(44-28-16)27-40(36,37)38/h2-5,8,14,19,31H,6-7,9H2,1H3,(H4-,24,25,27,28,32,34,35,36,37,38)/p+1/b26-13-/t14-,19-/m1/s1. The van der Waals surface area contributed by atoms with E-state index in [9.17, 15) is 24.1 Å². The molecule has 3 aromatic rings. The van der Waals surface area contributed by atoms with Gasteiger partial charge in [-0.3, -0.25) is 19.6 Å². The predicted molar refractivity (Wildman–Crippen MR) is 159 cm³/mol. The van der Waals surface area contributed by atoms with Crippen molar-refractivity contribution in [2.24, 2.45) is 12.2 Å². The highest BCUT2D eigenvalue weighted by atomic mass is 32.2. The maximum Gasteiger partial charge on any atom is 0.429 e. The van der Waals surface area contributed by atoms with E-state index >= 15 is 0 Å². The molecule has 0 unspecified atom stereocenters. The number of aromatic nitrogens is 4. The van der Waals surface area contributed by atoms with Crippen LogP contribution in [-0.4, -0.2) is 93.1 Å². The quantitative estimate of drug-likeness (QED) is 0.0369. The highest BCUT2D eigenvalue weighted by Gasteiger charge is 2.54. The van der Waals surface area contributed by atoms with Crippen LogP contribution in [0.5, 0.6) is 0 Å². The Morgan fingerprint density at radius 1 is 1.30 bits per heavy atom. The topological polar surface area (TPSA) is 241 Å². The van der Waals surface area contributed by atoms with E-state index in [0.717, 1.165) is 27.9 Å². The van der Waals surface area contributed by atoms with Gasteiger partial charge in [0.25, 0.3) is 11.8 Å². The van der Waals surface area contributed by atoms with Crippen LogP contribution in [0.3, 0.4) is 0 Å². The molecule has 0 saturated carbocycles. The number of carboxylic acid groups (broad SMARTS) is 1. The number of pyridine rings is 1. The average molecular weight is 702 g/mol. The fourth-order valence-electron chi connectivity index (χ4n) is 3.92. The highest BCUT2D eigenvalue weighted by molar-refractivity contribution is 8.07. The molecule has 0 aromatic carbocycles. The summed E-state index contributed by atoms with van der Waals surface area (Å²) in [5.74, 6) is -3.07. The molecule has 2 atom stereocenters. The molecule has 2 aliphatic heterocycles. The number of aliphatic carboxylic acids is 1. The number of fused-ring (bicyclic) bond motifs is 1. The SMILES string of the molecule is C[n+]1ccc(-c2csc(SC3=C(C(=O)O)N4C(=O)[C@@H](NC(=O)/C(=N\OCCO)c5nsc(NP(=O)(O)O)n5)[C@H]4SC3)n2)cc1. The van der Waals surface area contributed by atoms with Gasteiger partial charge in [-0.05, 0) is 0 Å². The summed E-state index contributed by atoms with van der Waals surface area (Å²) in [5, 5.41) is 27.8. The summed E-state index contributed by atoms with van der Waals surface area (Å²) in [6, 6.07) is 2.70. The molecule has 232 valence electrons. The molecule has 0 spiro atoms. The van der Waals surface area contributed by atoms with E-state index < -0.39 is 49.3 Å². The normalized spacial score (nSPS) is 18.5. The lowest BCUT2D eigenvalue weighted by Gasteiger charge is -2.49. The van der Waals surface area contributed by atoms with Crippen LogP contribution in [0.25, 0.3) is 11.3 Å². The lowest BCUT2D eigenvalue weighted by molar-refractivity contribution is -0.671.